The third-order valence-electron chi connectivity index (χ3n) is 5.73. The van der Waals surface area contributed by atoms with Gasteiger partial charge in [-0.05, 0) is 49.1 Å². The molecule has 3 aromatic carbocycles. The average Bonchev–Trinajstić information content (AvgIpc) is 3.28. The number of halogens is 1. The first-order valence-corrected chi connectivity index (χ1v) is 13.0. The number of ether oxygens (including phenoxy) is 1. The number of carbonyl (C=O) groups is 1. The number of hydrogen-bond donors (Lipinski definition) is 1. The van der Waals surface area contributed by atoms with Crippen LogP contribution in [0.2, 0.25) is 5.02 Å². The number of amides is 1. The van der Waals surface area contributed by atoms with Gasteiger partial charge in [-0.25, -0.2) is 0 Å². The first-order chi connectivity index (χ1) is 17.4. The lowest BCUT2D eigenvalue weighted by Gasteiger charge is -2.21. The molecule has 186 valence electrons. The number of methoxy groups -OCH3 is 1. The largest absolute Gasteiger partial charge is 0.375 e. The summed E-state index contributed by atoms with van der Waals surface area (Å²) in [5, 5.41) is 13.6. The second kappa shape index (κ2) is 12.2. The van der Waals surface area contributed by atoms with E-state index >= 15 is 0 Å². The lowest BCUT2D eigenvalue weighted by molar-refractivity contribution is -0.125. The molecular weight excluding hydrogens is 492 g/mol. The van der Waals surface area contributed by atoms with Gasteiger partial charge in [0.15, 0.2) is 11.0 Å². The van der Waals surface area contributed by atoms with Crippen LogP contribution in [-0.2, 0) is 21.7 Å². The highest BCUT2D eigenvalue weighted by Gasteiger charge is 2.25. The number of aromatic nitrogens is 3. The Kier molecular flexibility index (Phi) is 8.80. The summed E-state index contributed by atoms with van der Waals surface area (Å²) >= 11 is 8.02. The van der Waals surface area contributed by atoms with Crippen LogP contribution in [-0.4, -0.2) is 34.4 Å². The third kappa shape index (κ3) is 6.55. The van der Waals surface area contributed by atoms with Gasteiger partial charge in [-0.3, -0.25) is 9.36 Å². The molecule has 8 heteroatoms. The smallest absolute Gasteiger partial charge is 0.246 e. The molecule has 0 bridgehead atoms. The molecular formula is C28H29ClN4O2S. The zero-order valence-electron chi connectivity index (χ0n) is 20.6. The molecule has 0 fully saturated rings. The maximum Gasteiger partial charge on any atom is 0.246 e. The molecule has 6 nitrogen and oxygen atoms in total. The number of rotatable bonds is 10. The maximum absolute atomic E-state index is 12.6. The minimum absolute atomic E-state index is 0.0371. The average molecular weight is 521 g/mol. The van der Waals surface area contributed by atoms with Crippen LogP contribution in [0.25, 0.3) is 5.69 Å². The molecule has 0 saturated heterocycles. The second-order valence-corrected chi connectivity index (χ2v) is 10.0. The molecule has 36 heavy (non-hydrogen) atoms. The van der Waals surface area contributed by atoms with Gasteiger partial charge in [0, 0.05) is 17.9 Å². The molecule has 0 saturated carbocycles. The lowest BCUT2D eigenvalue weighted by Crippen LogP contribution is -2.34. The van der Waals surface area contributed by atoms with Crippen LogP contribution in [0.4, 0.5) is 0 Å². The number of hydrogen-bond acceptors (Lipinski definition) is 5. The van der Waals surface area contributed by atoms with Gasteiger partial charge in [0.2, 0.25) is 5.91 Å². The van der Waals surface area contributed by atoms with Gasteiger partial charge in [0.05, 0.1) is 11.7 Å². The van der Waals surface area contributed by atoms with Crippen molar-refractivity contribution in [2.45, 2.75) is 37.2 Å². The molecule has 1 atom stereocenters. The van der Waals surface area contributed by atoms with E-state index in [9.17, 15) is 4.79 Å². The molecule has 1 unspecified atom stereocenters. The van der Waals surface area contributed by atoms with Crippen LogP contribution in [0.1, 0.15) is 34.1 Å². The fraction of sp³-hybridized carbons (Fsp3) is 0.250. The normalized spacial score (nSPS) is 11.9. The lowest BCUT2D eigenvalue weighted by atomic mass is 10.0. The summed E-state index contributed by atoms with van der Waals surface area (Å²) in [5.41, 5.74) is 5.40. The van der Waals surface area contributed by atoms with Crippen molar-refractivity contribution in [2.24, 2.45) is 0 Å². The SMILES string of the molecule is COCC(=O)NC(Cc1ccccc1)c1nnc(SCc2cccc(C)c2)n1-c1cc(Cl)ccc1C. The van der Waals surface area contributed by atoms with Crippen LogP contribution in [0, 0.1) is 13.8 Å². The van der Waals surface area contributed by atoms with E-state index in [1.54, 1.807) is 11.8 Å². The summed E-state index contributed by atoms with van der Waals surface area (Å²) in [4.78, 5) is 12.6. The van der Waals surface area contributed by atoms with Crippen molar-refractivity contribution in [2.75, 3.05) is 13.7 Å². The highest BCUT2D eigenvalue weighted by Crippen LogP contribution is 2.31. The molecule has 1 amide bonds. The molecule has 0 aliphatic carbocycles. The molecule has 1 heterocycles. The molecule has 1 aromatic heterocycles. The van der Waals surface area contributed by atoms with E-state index in [1.807, 2.05) is 60.0 Å². The summed E-state index contributed by atoms with van der Waals surface area (Å²) in [6.45, 7) is 4.08. The highest BCUT2D eigenvalue weighted by molar-refractivity contribution is 7.98. The van der Waals surface area contributed by atoms with E-state index in [1.165, 1.54) is 18.2 Å². The number of carbonyl (C=O) groups excluding carboxylic acids is 1. The molecule has 0 radical (unpaired) electrons. The Labute approximate surface area is 221 Å². The van der Waals surface area contributed by atoms with Gasteiger partial charge in [0.25, 0.3) is 0 Å². The number of nitrogens with one attached hydrogen (secondary N) is 1. The fourth-order valence-corrected chi connectivity index (χ4v) is 5.09. The van der Waals surface area contributed by atoms with E-state index in [-0.39, 0.29) is 12.5 Å². The Balaban J connectivity index is 1.77. The monoisotopic (exact) mass is 520 g/mol. The van der Waals surface area contributed by atoms with Crippen molar-refractivity contribution in [3.63, 3.8) is 0 Å². The fourth-order valence-electron chi connectivity index (χ4n) is 4.02. The van der Waals surface area contributed by atoms with Crippen molar-refractivity contribution in [3.8, 4) is 5.69 Å². The van der Waals surface area contributed by atoms with Gasteiger partial charge in [-0.1, -0.05) is 89.6 Å². The molecule has 4 rings (SSSR count). The Bertz CT molecular complexity index is 1330. The van der Waals surface area contributed by atoms with E-state index in [0.717, 1.165) is 27.7 Å². The molecule has 0 aliphatic heterocycles. The standard InChI is InChI=1S/C28H29ClN4O2S/c1-19-8-7-11-22(14-19)18-36-28-32-31-27(33(28)25-16-23(29)13-12-20(25)2)24(30-26(34)17-35-3)15-21-9-5-4-6-10-21/h4-14,16,24H,15,17-18H2,1-3H3,(H,30,34). The van der Waals surface area contributed by atoms with E-state index < -0.39 is 6.04 Å². The quantitative estimate of drug-likeness (QED) is 0.265. The Morgan fingerprint density at radius 2 is 1.81 bits per heavy atom. The predicted molar refractivity (Wildman–Crippen MR) is 145 cm³/mol. The van der Waals surface area contributed by atoms with Crippen molar-refractivity contribution in [1.82, 2.24) is 20.1 Å². The Morgan fingerprint density at radius 1 is 1.03 bits per heavy atom. The van der Waals surface area contributed by atoms with Crippen LogP contribution < -0.4 is 5.32 Å². The Hall–Kier alpha value is -3.13. The topological polar surface area (TPSA) is 69.0 Å². The van der Waals surface area contributed by atoms with Gasteiger partial charge in [-0.2, -0.15) is 0 Å². The minimum Gasteiger partial charge on any atom is -0.375 e. The van der Waals surface area contributed by atoms with Crippen LogP contribution in [0.5, 0.6) is 0 Å². The van der Waals surface area contributed by atoms with Gasteiger partial charge in [0.1, 0.15) is 6.61 Å². The zero-order valence-corrected chi connectivity index (χ0v) is 22.1. The van der Waals surface area contributed by atoms with Gasteiger partial charge in [-0.15, -0.1) is 10.2 Å². The van der Waals surface area contributed by atoms with Crippen molar-refractivity contribution in [1.29, 1.82) is 0 Å². The van der Waals surface area contributed by atoms with E-state index in [4.69, 9.17) is 16.3 Å². The van der Waals surface area contributed by atoms with Gasteiger partial charge >= 0.3 is 0 Å². The second-order valence-electron chi connectivity index (χ2n) is 8.63. The first kappa shape index (κ1) is 25.9. The van der Waals surface area contributed by atoms with Gasteiger partial charge < -0.3 is 10.1 Å². The van der Waals surface area contributed by atoms with E-state index in [2.05, 4.69) is 46.7 Å². The molecule has 0 spiro atoms. The van der Waals surface area contributed by atoms with Crippen LogP contribution in [0.15, 0.2) is 78.0 Å². The number of nitrogens with zero attached hydrogens (tertiary/aromatic N) is 3. The van der Waals surface area contributed by atoms with Crippen molar-refractivity contribution in [3.05, 3.63) is 106 Å². The number of thioether (sulfide) groups is 1. The summed E-state index contributed by atoms with van der Waals surface area (Å²) in [6.07, 6.45) is 0.552. The third-order valence-corrected chi connectivity index (χ3v) is 6.96. The molecule has 0 aliphatic rings. The van der Waals surface area contributed by atoms with Crippen molar-refractivity contribution >= 4 is 29.3 Å². The highest BCUT2D eigenvalue weighted by atomic mass is 35.5. The number of aryl methyl sites for hydroxylation is 2. The van der Waals surface area contributed by atoms with E-state index in [0.29, 0.717) is 17.3 Å². The summed E-state index contributed by atoms with van der Waals surface area (Å²) in [6, 6.07) is 23.8. The molecule has 1 N–H and O–H groups in total. The minimum atomic E-state index is -0.422. The van der Waals surface area contributed by atoms with Crippen LogP contribution >= 0.6 is 23.4 Å². The molecule has 4 aromatic rings. The number of benzene rings is 3. The predicted octanol–water partition coefficient (Wildman–Crippen LogP) is 5.88. The summed E-state index contributed by atoms with van der Waals surface area (Å²) in [7, 11) is 1.50. The Morgan fingerprint density at radius 3 is 2.56 bits per heavy atom. The van der Waals surface area contributed by atoms with Crippen LogP contribution in [0.3, 0.4) is 0 Å². The zero-order chi connectivity index (χ0) is 25.5. The first-order valence-electron chi connectivity index (χ1n) is 11.7. The van der Waals surface area contributed by atoms with Crippen molar-refractivity contribution < 1.29 is 9.53 Å². The maximum atomic E-state index is 12.6. The summed E-state index contributed by atoms with van der Waals surface area (Å²) in [5.74, 6) is 1.16. The summed E-state index contributed by atoms with van der Waals surface area (Å²) < 4.78 is 7.08.